The molecule has 0 amide bonds. The molecular formula is C33H39NO5S2. The van der Waals surface area contributed by atoms with Crippen LogP contribution in [0.2, 0.25) is 0 Å². The Hall–Kier alpha value is -3.33. The zero-order valence-corrected chi connectivity index (χ0v) is 26.6. The zero-order valence-electron chi connectivity index (χ0n) is 25.0. The zero-order chi connectivity index (χ0) is 30.1. The third-order valence-corrected chi connectivity index (χ3v) is 11.2. The minimum absolute atomic E-state index is 0.129. The molecule has 4 aromatic rings. The molecule has 0 saturated carbocycles. The molecule has 1 heterocycles. The summed E-state index contributed by atoms with van der Waals surface area (Å²) >= 11 is 0. The topological polar surface area (TPSA) is 74.7 Å². The number of aromatic nitrogens is 1. The standard InChI is InChI=1S/C33H39NO5S2/c1-24-11-20-31(25(2)22-24)41(35,36)39-40(30-10-9-21-34-23-30,28-16-12-26(13-17-28)37-32(3,4)5)29-18-14-27(15-19-29)38-33(6,7)8/h9-23H,1-8H3. The van der Waals surface area contributed by atoms with Crippen LogP contribution in [0.1, 0.15) is 52.7 Å². The average molecular weight is 594 g/mol. The van der Waals surface area contributed by atoms with Gasteiger partial charge in [-0.05, 0) is 138 Å². The quantitative estimate of drug-likeness (QED) is 0.204. The lowest BCUT2D eigenvalue weighted by Crippen LogP contribution is -2.23. The molecule has 4 rings (SSSR count). The molecule has 0 fully saturated rings. The van der Waals surface area contributed by atoms with Crippen LogP contribution in [0.3, 0.4) is 0 Å². The molecule has 0 saturated heterocycles. The molecule has 0 unspecified atom stereocenters. The molecule has 8 heteroatoms. The van der Waals surface area contributed by atoms with E-state index in [0.29, 0.717) is 31.7 Å². The maximum absolute atomic E-state index is 14.1. The van der Waals surface area contributed by atoms with Gasteiger partial charge in [0.05, 0.1) is 4.90 Å². The van der Waals surface area contributed by atoms with Gasteiger partial charge in [-0.2, -0.15) is 8.42 Å². The number of rotatable bonds is 8. The number of benzene rings is 3. The molecule has 3 aromatic carbocycles. The summed E-state index contributed by atoms with van der Waals surface area (Å²) in [7, 11) is -7.09. The molecule has 0 aliphatic heterocycles. The molecule has 218 valence electrons. The van der Waals surface area contributed by atoms with Crippen molar-refractivity contribution in [1.82, 2.24) is 4.98 Å². The van der Waals surface area contributed by atoms with E-state index in [1.807, 2.05) is 109 Å². The van der Waals surface area contributed by atoms with Crippen LogP contribution in [-0.4, -0.2) is 24.6 Å². The fourth-order valence-corrected chi connectivity index (χ4v) is 9.73. The first-order valence-electron chi connectivity index (χ1n) is 13.4. The monoisotopic (exact) mass is 593 g/mol. The highest BCUT2D eigenvalue weighted by molar-refractivity contribution is 8.33. The summed E-state index contributed by atoms with van der Waals surface area (Å²) in [5, 5.41) is 0. The Morgan fingerprint density at radius 3 is 1.59 bits per heavy atom. The van der Waals surface area contributed by atoms with Gasteiger partial charge < -0.3 is 9.47 Å². The molecule has 0 bridgehead atoms. The van der Waals surface area contributed by atoms with E-state index >= 15 is 0 Å². The summed E-state index contributed by atoms with van der Waals surface area (Å²) in [6.45, 7) is 15.6. The van der Waals surface area contributed by atoms with Gasteiger partial charge in [0, 0.05) is 27.1 Å². The van der Waals surface area contributed by atoms with Crippen molar-refractivity contribution >= 4 is 20.4 Å². The third kappa shape index (κ3) is 7.31. The Morgan fingerprint density at radius 2 is 1.17 bits per heavy atom. The largest absolute Gasteiger partial charge is 0.488 e. The molecule has 0 spiro atoms. The van der Waals surface area contributed by atoms with Crippen molar-refractivity contribution in [3.05, 3.63) is 102 Å². The molecule has 0 N–H and O–H groups in total. The molecule has 6 nitrogen and oxygen atoms in total. The van der Waals surface area contributed by atoms with Crippen LogP contribution >= 0.6 is 10.3 Å². The van der Waals surface area contributed by atoms with E-state index in [2.05, 4.69) is 4.98 Å². The number of hydrogen-bond donors (Lipinski definition) is 0. The van der Waals surface area contributed by atoms with Crippen molar-refractivity contribution in [3.8, 4) is 11.5 Å². The number of hydrogen-bond acceptors (Lipinski definition) is 6. The van der Waals surface area contributed by atoms with Gasteiger partial charge in [0.2, 0.25) is 0 Å². The van der Waals surface area contributed by atoms with Crippen LogP contribution in [-0.2, 0) is 13.7 Å². The van der Waals surface area contributed by atoms with Crippen LogP contribution in [0.25, 0.3) is 0 Å². The van der Waals surface area contributed by atoms with Crippen LogP contribution in [0, 0.1) is 13.8 Å². The Bertz CT molecular complexity index is 1530. The van der Waals surface area contributed by atoms with Crippen molar-refractivity contribution in [3.63, 3.8) is 0 Å². The average Bonchev–Trinajstić information content (AvgIpc) is 2.87. The second-order valence-corrected chi connectivity index (χ2v) is 16.3. The predicted molar refractivity (Wildman–Crippen MR) is 164 cm³/mol. The van der Waals surface area contributed by atoms with E-state index in [9.17, 15) is 8.42 Å². The van der Waals surface area contributed by atoms with E-state index in [-0.39, 0.29) is 16.1 Å². The van der Waals surface area contributed by atoms with Gasteiger partial charge in [-0.25, -0.2) is 3.63 Å². The molecule has 1 aromatic heterocycles. The summed E-state index contributed by atoms with van der Waals surface area (Å²) in [5.74, 6) is 1.35. The fraction of sp³-hybridized carbons (Fsp3) is 0.303. The molecule has 0 aliphatic rings. The molecular weight excluding hydrogens is 554 g/mol. The van der Waals surface area contributed by atoms with Crippen molar-refractivity contribution < 1.29 is 21.5 Å². The van der Waals surface area contributed by atoms with E-state index in [1.165, 1.54) is 0 Å². The maximum Gasteiger partial charge on any atom is 0.307 e. The molecule has 0 aliphatic carbocycles. The summed E-state index contributed by atoms with van der Waals surface area (Å²) in [6, 6.07) is 23.8. The normalized spacial score (nSPS) is 13.1. The van der Waals surface area contributed by atoms with E-state index in [1.54, 1.807) is 37.5 Å². The lowest BCUT2D eigenvalue weighted by Gasteiger charge is -2.39. The second-order valence-electron chi connectivity index (χ2n) is 11.9. The highest BCUT2D eigenvalue weighted by Gasteiger charge is 2.39. The Balaban J connectivity index is 1.97. The highest BCUT2D eigenvalue weighted by atomic mass is 32.3. The van der Waals surface area contributed by atoms with Crippen LogP contribution in [0.15, 0.2) is 111 Å². The highest BCUT2D eigenvalue weighted by Crippen LogP contribution is 2.70. The first-order valence-corrected chi connectivity index (χ1v) is 16.4. The van der Waals surface area contributed by atoms with Gasteiger partial charge >= 0.3 is 10.1 Å². The summed E-state index contributed by atoms with van der Waals surface area (Å²) in [4.78, 5) is 6.50. The summed E-state index contributed by atoms with van der Waals surface area (Å²) in [5.41, 5.74) is 0.810. The van der Waals surface area contributed by atoms with Crippen molar-refractivity contribution in [2.75, 3.05) is 0 Å². The smallest absolute Gasteiger partial charge is 0.307 e. The van der Waals surface area contributed by atoms with Gasteiger partial charge in [-0.3, -0.25) is 4.98 Å². The minimum Gasteiger partial charge on any atom is -0.488 e. The van der Waals surface area contributed by atoms with Crippen LogP contribution in [0.4, 0.5) is 0 Å². The van der Waals surface area contributed by atoms with Gasteiger partial charge in [0.1, 0.15) is 22.7 Å². The van der Waals surface area contributed by atoms with Crippen molar-refractivity contribution in [2.45, 2.75) is 86.2 Å². The summed E-state index contributed by atoms with van der Waals surface area (Å²) in [6.07, 6.45) is 3.33. The van der Waals surface area contributed by atoms with E-state index in [0.717, 1.165) is 5.56 Å². The predicted octanol–water partition coefficient (Wildman–Crippen LogP) is 8.66. The van der Waals surface area contributed by atoms with Gasteiger partial charge in [-0.1, -0.05) is 17.7 Å². The first kappa shape index (κ1) is 30.6. The second kappa shape index (κ2) is 11.5. The Morgan fingerprint density at radius 1 is 0.659 bits per heavy atom. The lowest BCUT2D eigenvalue weighted by atomic mass is 10.2. The van der Waals surface area contributed by atoms with Gasteiger partial charge in [0.15, 0.2) is 0 Å². The van der Waals surface area contributed by atoms with Gasteiger partial charge in [0.25, 0.3) is 0 Å². The lowest BCUT2D eigenvalue weighted by molar-refractivity contribution is 0.130. The SMILES string of the molecule is Cc1ccc(S(=O)(=O)OS(c2ccc(OC(C)(C)C)cc2)(c2ccc(OC(C)(C)C)cc2)c2cccnc2)c(C)c1. The molecule has 41 heavy (non-hydrogen) atoms. The Labute approximate surface area is 246 Å². The number of pyridine rings is 1. The maximum atomic E-state index is 14.1. The van der Waals surface area contributed by atoms with Crippen LogP contribution < -0.4 is 9.47 Å². The number of nitrogens with zero attached hydrogens (tertiary/aromatic N) is 1. The van der Waals surface area contributed by atoms with Crippen molar-refractivity contribution in [1.29, 1.82) is 0 Å². The fourth-order valence-electron chi connectivity index (χ4n) is 4.40. The number of aryl methyl sites for hydroxylation is 2. The molecule has 0 atom stereocenters. The van der Waals surface area contributed by atoms with Gasteiger partial charge in [-0.15, -0.1) is 0 Å². The van der Waals surface area contributed by atoms with E-state index < -0.39 is 20.4 Å². The van der Waals surface area contributed by atoms with Crippen LogP contribution in [0.5, 0.6) is 11.5 Å². The molecule has 0 radical (unpaired) electrons. The third-order valence-electron chi connectivity index (χ3n) is 5.92. The minimum atomic E-state index is -4.24. The van der Waals surface area contributed by atoms with Crippen molar-refractivity contribution in [2.24, 2.45) is 0 Å². The first-order chi connectivity index (χ1) is 19.1. The number of ether oxygens (including phenoxy) is 2. The Kier molecular flexibility index (Phi) is 8.60. The van der Waals surface area contributed by atoms with E-state index in [4.69, 9.17) is 13.1 Å². The summed E-state index contributed by atoms with van der Waals surface area (Å²) < 4.78 is 46.9.